The predicted octanol–water partition coefficient (Wildman–Crippen LogP) is 3.05. The number of ether oxygens (including phenoxy) is 2. The molecule has 2 heterocycles. The van der Waals surface area contributed by atoms with Gasteiger partial charge in [-0.05, 0) is 53.7 Å². The Hall–Kier alpha value is -0.950. The summed E-state index contributed by atoms with van der Waals surface area (Å²) in [5.74, 6) is -0.00195. The number of carbonyl (C=O) groups excluding carboxylic acids is 1. The van der Waals surface area contributed by atoms with Crippen molar-refractivity contribution in [3.63, 3.8) is 0 Å². The van der Waals surface area contributed by atoms with Gasteiger partial charge in [-0.2, -0.15) is 0 Å². The summed E-state index contributed by atoms with van der Waals surface area (Å²) in [7, 11) is 0. The molecule has 24 heavy (non-hydrogen) atoms. The van der Waals surface area contributed by atoms with E-state index in [0.29, 0.717) is 6.54 Å². The van der Waals surface area contributed by atoms with Crippen molar-refractivity contribution >= 4 is 27.5 Å². The lowest BCUT2D eigenvalue weighted by molar-refractivity contribution is -0.118. The zero-order chi connectivity index (χ0) is 16.8. The van der Waals surface area contributed by atoms with Crippen molar-refractivity contribution in [3.05, 3.63) is 28.7 Å². The third-order valence-electron chi connectivity index (χ3n) is 4.49. The van der Waals surface area contributed by atoms with E-state index in [0.717, 1.165) is 62.1 Å². The molecule has 0 unspecified atom stereocenters. The number of rotatable bonds is 7. The van der Waals surface area contributed by atoms with Crippen molar-refractivity contribution in [2.45, 2.75) is 37.9 Å². The van der Waals surface area contributed by atoms with Crippen LogP contribution in [0.3, 0.4) is 0 Å². The van der Waals surface area contributed by atoms with Crippen LogP contribution in [-0.2, 0) is 14.3 Å². The van der Waals surface area contributed by atoms with Gasteiger partial charge < -0.3 is 14.8 Å². The lowest BCUT2D eigenvalue weighted by Crippen LogP contribution is -2.42. The number of hydrogen-bond donors (Lipinski definition) is 1. The van der Waals surface area contributed by atoms with E-state index in [9.17, 15) is 4.79 Å². The summed E-state index contributed by atoms with van der Waals surface area (Å²) in [5, 5.41) is 2.98. The average Bonchev–Trinajstić information content (AvgIpc) is 3.23. The fourth-order valence-corrected chi connectivity index (χ4v) is 3.70. The van der Waals surface area contributed by atoms with E-state index in [2.05, 4.69) is 26.1 Å². The minimum Gasteiger partial charge on any atom is -0.377 e. The van der Waals surface area contributed by atoms with Crippen molar-refractivity contribution in [3.8, 4) is 0 Å². The van der Waals surface area contributed by atoms with Crippen LogP contribution in [0.25, 0.3) is 0 Å². The third kappa shape index (κ3) is 5.28. The molecule has 0 radical (unpaired) electrons. The molecule has 6 heteroatoms. The van der Waals surface area contributed by atoms with E-state index < -0.39 is 0 Å². The molecule has 2 aliphatic rings. The highest BCUT2D eigenvalue weighted by Crippen LogP contribution is 2.21. The summed E-state index contributed by atoms with van der Waals surface area (Å²) in [4.78, 5) is 14.6. The molecule has 0 aliphatic carbocycles. The molecule has 2 atom stereocenters. The fraction of sp³-hybridized carbons (Fsp3) is 0.611. The van der Waals surface area contributed by atoms with Crippen LogP contribution in [0.2, 0.25) is 0 Å². The van der Waals surface area contributed by atoms with Gasteiger partial charge in [0, 0.05) is 30.8 Å². The topological polar surface area (TPSA) is 50.8 Å². The summed E-state index contributed by atoms with van der Waals surface area (Å²) in [6, 6.07) is 7.66. The van der Waals surface area contributed by atoms with Crippen LogP contribution >= 0.6 is 15.9 Å². The second kappa shape index (κ2) is 8.94. The molecule has 0 spiro atoms. The number of halogens is 1. The second-order valence-electron chi connectivity index (χ2n) is 6.49. The maximum Gasteiger partial charge on any atom is 0.238 e. The highest BCUT2D eigenvalue weighted by Gasteiger charge is 2.25. The number of para-hydroxylation sites is 1. The molecule has 2 fully saturated rings. The monoisotopic (exact) mass is 396 g/mol. The van der Waals surface area contributed by atoms with Gasteiger partial charge in [0.05, 0.1) is 24.4 Å². The van der Waals surface area contributed by atoms with Gasteiger partial charge in [-0.15, -0.1) is 0 Å². The van der Waals surface area contributed by atoms with Crippen LogP contribution in [0, 0.1) is 0 Å². The quantitative estimate of drug-likeness (QED) is 0.769. The van der Waals surface area contributed by atoms with Crippen molar-refractivity contribution < 1.29 is 14.3 Å². The highest BCUT2D eigenvalue weighted by molar-refractivity contribution is 9.10. The number of nitrogens with one attached hydrogen (secondary N) is 1. The third-order valence-corrected chi connectivity index (χ3v) is 5.18. The Labute approximate surface area is 151 Å². The van der Waals surface area contributed by atoms with Crippen LogP contribution in [0.1, 0.15) is 25.7 Å². The van der Waals surface area contributed by atoms with Gasteiger partial charge in [-0.1, -0.05) is 12.1 Å². The number of benzene rings is 1. The summed E-state index contributed by atoms with van der Waals surface area (Å²) in [6.45, 7) is 3.62. The fourth-order valence-electron chi connectivity index (χ4n) is 3.31. The van der Waals surface area contributed by atoms with Gasteiger partial charge in [0.15, 0.2) is 0 Å². The number of hydrogen-bond acceptors (Lipinski definition) is 4. The maximum absolute atomic E-state index is 12.5. The van der Waals surface area contributed by atoms with E-state index in [1.165, 1.54) is 0 Å². The first kappa shape index (κ1) is 17.9. The Kier molecular flexibility index (Phi) is 6.66. The molecular weight excluding hydrogens is 372 g/mol. The zero-order valence-corrected chi connectivity index (χ0v) is 15.5. The standard InChI is InChI=1S/C18H25BrN2O3/c19-16-7-1-2-8-17(16)20-18(22)13-21(11-14-5-3-9-23-14)12-15-6-4-10-24-15/h1-2,7-8,14-15H,3-6,9-13H2,(H,20,22)/t14-,15-/m0/s1. The average molecular weight is 397 g/mol. The molecule has 3 rings (SSSR count). The Morgan fingerprint density at radius 2 is 1.75 bits per heavy atom. The first-order chi connectivity index (χ1) is 11.7. The normalized spacial score (nSPS) is 23.8. The van der Waals surface area contributed by atoms with E-state index in [1.54, 1.807) is 0 Å². The Bertz CT molecular complexity index is 525. The lowest BCUT2D eigenvalue weighted by atomic mass is 10.2. The van der Waals surface area contributed by atoms with Gasteiger partial charge in [0.25, 0.3) is 0 Å². The van der Waals surface area contributed by atoms with Gasteiger partial charge in [0.1, 0.15) is 0 Å². The summed E-state index contributed by atoms with van der Waals surface area (Å²) < 4.78 is 12.4. The number of amides is 1. The van der Waals surface area contributed by atoms with Crippen LogP contribution in [0.5, 0.6) is 0 Å². The van der Waals surface area contributed by atoms with Gasteiger partial charge in [0.2, 0.25) is 5.91 Å². The first-order valence-electron chi connectivity index (χ1n) is 8.70. The number of nitrogens with zero attached hydrogens (tertiary/aromatic N) is 1. The first-order valence-corrected chi connectivity index (χ1v) is 9.50. The second-order valence-corrected chi connectivity index (χ2v) is 7.35. The van der Waals surface area contributed by atoms with Gasteiger partial charge in [-0.25, -0.2) is 0 Å². The van der Waals surface area contributed by atoms with Crippen LogP contribution in [0.15, 0.2) is 28.7 Å². The van der Waals surface area contributed by atoms with E-state index in [4.69, 9.17) is 9.47 Å². The smallest absolute Gasteiger partial charge is 0.238 e. The van der Waals surface area contributed by atoms with Crippen LogP contribution in [0.4, 0.5) is 5.69 Å². The molecule has 0 bridgehead atoms. The molecular formula is C18H25BrN2O3. The van der Waals surface area contributed by atoms with Crippen molar-refractivity contribution in [2.75, 3.05) is 38.2 Å². The van der Waals surface area contributed by atoms with Crippen molar-refractivity contribution in [1.29, 1.82) is 0 Å². The molecule has 1 N–H and O–H groups in total. The van der Waals surface area contributed by atoms with Crippen molar-refractivity contribution in [2.24, 2.45) is 0 Å². The Morgan fingerprint density at radius 3 is 2.29 bits per heavy atom. The molecule has 1 amide bonds. The zero-order valence-electron chi connectivity index (χ0n) is 13.9. The van der Waals surface area contributed by atoms with Crippen LogP contribution in [-0.4, -0.2) is 55.9 Å². The predicted molar refractivity (Wildman–Crippen MR) is 97.2 cm³/mol. The van der Waals surface area contributed by atoms with E-state index in [1.807, 2.05) is 24.3 Å². The van der Waals surface area contributed by atoms with Gasteiger partial charge >= 0.3 is 0 Å². The minimum absolute atomic E-state index is 0.00195. The van der Waals surface area contributed by atoms with Crippen molar-refractivity contribution in [1.82, 2.24) is 4.90 Å². The van der Waals surface area contributed by atoms with E-state index in [-0.39, 0.29) is 18.1 Å². The SMILES string of the molecule is O=C(CN(C[C@@H]1CCCO1)C[C@@H]1CCCO1)Nc1ccccc1Br. The Balaban J connectivity index is 1.56. The largest absolute Gasteiger partial charge is 0.377 e. The maximum atomic E-state index is 12.5. The van der Waals surface area contributed by atoms with E-state index >= 15 is 0 Å². The summed E-state index contributed by atoms with van der Waals surface area (Å²) >= 11 is 3.46. The molecule has 0 aromatic heterocycles. The lowest BCUT2D eigenvalue weighted by Gasteiger charge is -2.27. The summed E-state index contributed by atoms with van der Waals surface area (Å²) in [5.41, 5.74) is 0.802. The molecule has 132 valence electrons. The van der Waals surface area contributed by atoms with Gasteiger partial charge in [-0.3, -0.25) is 9.69 Å². The number of carbonyl (C=O) groups is 1. The molecule has 0 saturated carbocycles. The molecule has 1 aromatic carbocycles. The number of anilines is 1. The van der Waals surface area contributed by atoms with Crippen LogP contribution < -0.4 is 5.32 Å². The Morgan fingerprint density at radius 1 is 1.12 bits per heavy atom. The molecule has 1 aromatic rings. The highest BCUT2D eigenvalue weighted by atomic mass is 79.9. The summed E-state index contributed by atoms with van der Waals surface area (Å²) in [6.07, 6.45) is 4.86. The molecule has 2 aliphatic heterocycles. The minimum atomic E-state index is -0.00195. The molecule has 2 saturated heterocycles. The molecule has 5 nitrogen and oxygen atoms in total.